The van der Waals surface area contributed by atoms with Crippen LogP contribution in [0.4, 0.5) is 9.59 Å². The number of amides is 2. The Labute approximate surface area is 217 Å². The molecule has 1 aliphatic heterocycles. The highest BCUT2D eigenvalue weighted by Crippen LogP contribution is 2.48. The lowest BCUT2D eigenvalue weighted by atomic mass is 9.98. The number of carboxylic acids is 1. The topological polar surface area (TPSA) is 96.4 Å². The van der Waals surface area contributed by atoms with E-state index in [1.54, 1.807) is 4.90 Å². The maximum absolute atomic E-state index is 13.5. The molecule has 0 aromatic heterocycles. The molecule has 196 valence electrons. The highest BCUT2D eigenvalue weighted by Gasteiger charge is 2.53. The lowest BCUT2D eigenvalue weighted by Crippen LogP contribution is -2.47. The van der Waals surface area contributed by atoms with Gasteiger partial charge in [-0.3, -0.25) is 4.79 Å². The Bertz CT molecular complexity index is 1170. The van der Waals surface area contributed by atoms with Crippen molar-refractivity contribution in [3.63, 3.8) is 0 Å². The lowest BCUT2D eigenvalue weighted by Gasteiger charge is -2.31. The summed E-state index contributed by atoms with van der Waals surface area (Å²) in [5.74, 6) is -0.986. The second-order valence-electron chi connectivity index (χ2n) is 11.4. The highest BCUT2D eigenvalue weighted by molar-refractivity contribution is 5.80. The van der Waals surface area contributed by atoms with Gasteiger partial charge in [0.05, 0.1) is 11.5 Å². The number of rotatable bonds is 6. The fourth-order valence-corrected chi connectivity index (χ4v) is 5.42. The van der Waals surface area contributed by atoms with Crippen LogP contribution in [0.5, 0.6) is 0 Å². The Morgan fingerprint density at radius 3 is 2.16 bits per heavy atom. The zero-order valence-corrected chi connectivity index (χ0v) is 21.6. The Balaban J connectivity index is 1.32. The van der Waals surface area contributed by atoms with Crippen LogP contribution in [0.1, 0.15) is 57.1 Å². The summed E-state index contributed by atoms with van der Waals surface area (Å²) in [6.07, 6.45) is 0.627. The zero-order valence-electron chi connectivity index (χ0n) is 21.6. The minimum Gasteiger partial charge on any atom is -0.481 e. The Morgan fingerprint density at radius 1 is 1.03 bits per heavy atom. The third-order valence-corrected chi connectivity index (χ3v) is 7.61. The minimum absolute atomic E-state index is 0.0752. The monoisotopic (exact) mass is 506 g/mol. The molecule has 1 saturated heterocycles. The predicted molar refractivity (Wildman–Crippen MR) is 137 cm³/mol. The van der Waals surface area contributed by atoms with Gasteiger partial charge in [0.1, 0.15) is 12.2 Å². The first-order valence-electron chi connectivity index (χ1n) is 12.9. The number of carbonyl (C=O) groups excluding carboxylic acids is 2. The summed E-state index contributed by atoms with van der Waals surface area (Å²) in [5, 5.41) is 9.80. The van der Waals surface area contributed by atoms with E-state index in [4.69, 9.17) is 9.47 Å². The number of benzene rings is 2. The van der Waals surface area contributed by atoms with Gasteiger partial charge >= 0.3 is 18.2 Å². The van der Waals surface area contributed by atoms with E-state index in [-0.39, 0.29) is 31.7 Å². The molecule has 0 radical (unpaired) electrons. The maximum Gasteiger partial charge on any atom is 0.410 e. The maximum atomic E-state index is 13.5. The summed E-state index contributed by atoms with van der Waals surface area (Å²) in [4.78, 5) is 41.2. The van der Waals surface area contributed by atoms with Gasteiger partial charge in [0.2, 0.25) is 0 Å². The van der Waals surface area contributed by atoms with Crippen LogP contribution >= 0.6 is 0 Å². The summed E-state index contributed by atoms with van der Waals surface area (Å²) < 4.78 is 11.4. The Kier molecular flexibility index (Phi) is 6.38. The lowest BCUT2D eigenvalue weighted by molar-refractivity contribution is -0.144. The van der Waals surface area contributed by atoms with Crippen molar-refractivity contribution in [2.24, 2.45) is 5.41 Å². The number of ether oxygens (including phenoxy) is 2. The van der Waals surface area contributed by atoms with Gasteiger partial charge in [-0.15, -0.1) is 0 Å². The van der Waals surface area contributed by atoms with Gasteiger partial charge in [-0.1, -0.05) is 48.5 Å². The molecular formula is C29H34N2O6. The molecule has 8 nitrogen and oxygen atoms in total. The summed E-state index contributed by atoms with van der Waals surface area (Å²) in [7, 11) is 0. The van der Waals surface area contributed by atoms with E-state index in [1.165, 1.54) is 4.90 Å². The number of carbonyl (C=O) groups is 3. The number of aliphatic carboxylic acids is 1. The molecule has 2 amide bonds. The van der Waals surface area contributed by atoms with Crippen LogP contribution in [-0.4, -0.2) is 70.9 Å². The third-order valence-electron chi connectivity index (χ3n) is 7.61. The number of hydrogen-bond acceptors (Lipinski definition) is 5. The van der Waals surface area contributed by atoms with Gasteiger partial charge in [-0.05, 0) is 62.3 Å². The van der Waals surface area contributed by atoms with E-state index in [2.05, 4.69) is 24.3 Å². The average Bonchev–Trinajstić information content (AvgIpc) is 3.36. The summed E-state index contributed by atoms with van der Waals surface area (Å²) in [6.45, 7) is 6.39. The Morgan fingerprint density at radius 2 is 1.62 bits per heavy atom. The van der Waals surface area contributed by atoms with E-state index < -0.39 is 29.2 Å². The van der Waals surface area contributed by atoms with Crippen molar-refractivity contribution < 1.29 is 29.0 Å². The third kappa shape index (κ3) is 5.02. The number of hydrogen-bond donors (Lipinski definition) is 1. The molecule has 2 fully saturated rings. The molecule has 1 heterocycles. The van der Waals surface area contributed by atoms with Crippen molar-refractivity contribution in [3.05, 3.63) is 59.7 Å². The van der Waals surface area contributed by atoms with Crippen molar-refractivity contribution in [1.82, 2.24) is 9.80 Å². The van der Waals surface area contributed by atoms with E-state index in [0.717, 1.165) is 22.3 Å². The highest BCUT2D eigenvalue weighted by atomic mass is 16.6. The molecule has 2 aromatic carbocycles. The fourth-order valence-electron chi connectivity index (χ4n) is 5.42. The van der Waals surface area contributed by atoms with Gasteiger partial charge < -0.3 is 24.4 Å². The van der Waals surface area contributed by atoms with Crippen molar-refractivity contribution in [1.29, 1.82) is 0 Å². The molecular weight excluding hydrogens is 472 g/mol. The van der Waals surface area contributed by atoms with Gasteiger partial charge in [0.15, 0.2) is 0 Å². The normalized spacial score (nSPS) is 19.6. The zero-order chi connectivity index (χ0) is 26.4. The smallest absolute Gasteiger partial charge is 0.410 e. The molecule has 5 rings (SSSR count). The van der Waals surface area contributed by atoms with E-state index in [9.17, 15) is 19.5 Å². The van der Waals surface area contributed by atoms with Crippen molar-refractivity contribution in [2.75, 3.05) is 26.2 Å². The molecule has 0 bridgehead atoms. The Hall–Kier alpha value is -3.55. The van der Waals surface area contributed by atoms with Crippen molar-refractivity contribution in [2.45, 2.75) is 57.6 Å². The van der Waals surface area contributed by atoms with E-state index in [0.29, 0.717) is 25.8 Å². The number of likely N-dealkylation sites (tertiary alicyclic amines) is 1. The number of fused-ring (bicyclic) bond motifs is 3. The van der Waals surface area contributed by atoms with Crippen molar-refractivity contribution >= 4 is 18.2 Å². The number of carboxylic acid groups (broad SMARTS) is 1. The molecule has 1 atom stereocenters. The molecule has 2 aromatic rings. The van der Waals surface area contributed by atoms with Crippen LogP contribution in [0.2, 0.25) is 0 Å². The van der Waals surface area contributed by atoms with Gasteiger partial charge in [0.25, 0.3) is 0 Å². The summed E-state index contributed by atoms with van der Waals surface area (Å²) in [6, 6.07) is 15.9. The first kappa shape index (κ1) is 25.1. The fraction of sp³-hybridized carbons (Fsp3) is 0.483. The number of nitrogens with zero attached hydrogens (tertiary/aromatic N) is 2. The molecule has 3 aliphatic rings. The van der Waals surface area contributed by atoms with Gasteiger partial charge in [0, 0.05) is 25.6 Å². The van der Waals surface area contributed by atoms with Crippen LogP contribution in [-0.2, 0) is 14.3 Å². The van der Waals surface area contributed by atoms with Crippen LogP contribution in [0.25, 0.3) is 11.1 Å². The second-order valence-corrected chi connectivity index (χ2v) is 11.4. The first-order chi connectivity index (χ1) is 17.6. The van der Waals surface area contributed by atoms with E-state index >= 15 is 0 Å². The predicted octanol–water partition coefficient (Wildman–Crippen LogP) is 5.11. The van der Waals surface area contributed by atoms with Crippen LogP contribution < -0.4 is 0 Å². The SMILES string of the molecule is CC(C)(C)OC(=O)N1CCC(N(CC2(C(=O)O)CC2)C(=O)OCC2c3ccccc3-c3ccccc32)C1. The summed E-state index contributed by atoms with van der Waals surface area (Å²) >= 11 is 0. The molecule has 8 heteroatoms. The molecule has 37 heavy (non-hydrogen) atoms. The molecule has 0 spiro atoms. The largest absolute Gasteiger partial charge is 0.481 e. The average molecular weight is 507 g/mol. The first-order valence-corrected chi connectivity index (χ1v) is 12.9. The van der Waals surface area contributed by atoms with Crippen LogP contribution in [0.3, 0.4) is 0 Å². The van der Waals surface area contributed by atoms with Gasteiger partial charge in [-0.25, -0.2) is 9.59 Å². The van der Waals surface area contributed by atoms with Crippen LogP contribution in [0.15, 0.2) is 48.5 Å². The van der Waals surface area contributed by atoms with Crippen LogP contribution in [0, 0.1) is 5.41 Å². The molecule has 1 N–H and O–H groups in total. The molecule has 1 saturated carbocycles. The van der Waals surface area contributed by atoms with E-state index in [1.807, 2.05) is 45.0 Å². The molecule has 2 aliphatic carbocycles. The quantitative estimate of drug-likeness (QED) is 0.585. The van der Waals surface area contributed by atoms with Crippen molar-refractivity contribution in [3.8, 4) is 11.1 Å². The van der Waals surface area contributed by atoms with Gasteiger partial charge in [-0.2, -0.15) is 0 Å². The second kappa shape index (κ2) is 9.39. The molecule has 1 unspecified atom stereocenters. The minimum atomic E-state index is -0.940. The standard InChI is InChI=1S/C29H34N2O6/c1-28(2,3)37-26(34)30-15-12-19(16-30)31(18-29(13-14-29)25(32)33)27(35)36-17-24-22-10-6-4-8-20(22)21-9-5-7-11-23(21)24/h4-11,19,24H,12-18H2,1-3H3,(H,32,33). The summed E-state index contributed by atoms with van der Waals surface area (Å²) in [5.41, 5.74) is 2.95.